The fourth-order valence-electron chi connectivity index (χ4n) is 0.879. The number of nitriles is 1. The van der Waals surface area contributed by atoms with Crippen LogP contribution in [-0.2, 0) is 0 Å². The molecule has 0 aliphatic carbocycles. The van der Waals surface area contributed by atoms with E-state index in [2.05, 4.69) is 0 Å². The van der Waals surface area contributed by atoms with Crippen molar-refractivity contribution in [3.8, 4) is 6.07 Å². The monoisotopic (exact) mass is 179 g/mol. The maximum atomic E-state index is 11.9. The summed E-state index contributed by atoms with van der Waals surface area (Å²) in [6.45, 7) is -2.56. The normalized spacial score (nSPS) is 11.7. The molecular formula is C6H11BF3N2-. The Morgan fingerprint density at radius 3 is 2.33 bits per heavy atom. The van der Waals surface area contributed by atoms with Crippen LogP contribution in [0.3, 0.4) is 0 Å². The Kier molecular flexibility index (Phi) is 4.75. The Morgan fingerprint density at radius 2 is 2.00 bits per heavy atom. The van der Waals surface area contributed by atoms with E-state index in [0.29, 0.717) is 6.54 Å². The number of hydrogen-bond acceptors (Lipinski definition) is 2. The van der Waals surface area contributed by atoms with Gasteiger partial charge in [-0.15, -0.1) is 0 Å². The molecule has 0 aromatic carbocycles. The van der Waals surface area contributed by atoms with Crippen LogP contribution in [0.2, 0.25) is 0 Å². The second kappa shape index (κ2) is 5.04. The van der Waals surface area contributed by atoms with Crippen molar-refractivity contribution < 1.29 is 12.9 Å². The minimum Gasteiger partial charge on any atom is -0.448 e. The SMILES string of the molecule is CCN(CCC#N)C[B-](F)(F)F. The molecule has 0 aromatic heterocycles. The molecule has 0 aliphatic rings. The first-order chi connectivity index (χ1) is 5.49. The Morgan fingerprint density at radius 1 is 1.42 bits per heavy atom. The molecule has 0 amide bonds. The second-order valence-electron chi connectivity index (χ2n) is 2.51. The highest BCUT2D eigenvalue weighted by atomic mass is 19.4. The van der Waals surface area contributed by atoms with Gasteiger partial charge in [-0.3, -0.25) is 0 Å². The van der Waals surface area contributed by atoms with E-state index in [9.17, 15) is 12.9 Å². The third-order valence-electron chi connectivity index (χ3n) is 1.45. The van der Waals surface area contributed by atoms with Crippen LogP contribution >= 0.6 is 0 Å². The van der Waals surface area contributed by atoms with Gasteiger partial charge in [-0.25, -0.2) is 0 Å². The number of hydrogen-bond donors (Lipinski definition) is 0. The van der Waals surface area contributed by atoms with Crippen molar-refractivity contribution in [1.29, 1.82) is 5.26 Å². The minimum atomic E-state index is -4.75. The molecule has 0 aromatic rings. The molecule has 0 N–H and O–H groups in total. The third-order valence-corrected chi connectivity index (χ3v) is 1.45. The second-order valence-corrected chi connectivity index (χ2v) is 2.51. The Bertz CT molecular complexity index is 163. The van der Waals surface area contributed by atoms with Gasteiger partial charge in [0.15, 0.2) is 0 Å². The average Bonchev–Trinajstić information content (AvgIpc) is 1.95. The van der Waals surface area contributed by atoms with Gasteiger partial charge in [0, 0.05) is 13.0 Å². The highest BCUT2D eigenvalue weighted by Crippen LogP contribution is 2.10. The van der Waals surface area contributed by atoms with E-state index >= 15 is 0 Å². The lowest BCUT2D eigenvalue weighted by Crippen LogP contribution is -2.38. The maximum Gasteiger partial charge on any atom is 0.492 e. The quantitative estimate of drug-likeness (QED) is 0.599. The zero-order valence-electron chi connectivity index (χ0n) is 6.93. The fraction of sp³-hybridized carbons (Fsp3) is 0.833. The average molecular weight is 179 g/mol. The molecule has 0 heterocycles. The van der Waals surface area contributed by atoms with Gasteiger partial charge in [-0.1, -0.05) is 6.92 Å². The van der Waals surface area contributed by atoms with Gasteiger partial charge >= 0.3 is 6.98 Å². The van der Waals surface area contributed by atoms with E-state index in [1.807, 2.05) is 6.07 Å². The predicted octanol–water partition coefficient (Wildman–Crippen LogP) is 1.61. The fourth-order valence-corrected chi connectivity index (χ4v) is 0.879. The lowest BCUT2D eigenvalue weighted by Gasteiger charge is -2.25. The zero-order chi connectivity index (χ0) is 9.61. The zero-order valence-corrected chi connectivity index (χ0v) is 6.93. The van der Waals surface area contributed by atoms with Crippen molar-refractivity contribution in [1.82, 2.24) is 4.90 Å². The first-order valence-electron chi connectivity index (χ1n) is 3.80. The maximum absolute atomic E-state index is 11.9. The predicted molar refractivity (Wildman–Crippen MR) is 41.4 cm³/mol. The lowest BCUT2D eigenvalue weighted by molar-refractivity contribution is 0.296. The Labute approximate surface area is 70.0 Å². The molecule has 0 bridgehead atoms. The first kappa shape index (κ1) is 11.3. The molecule has 0 saturated heterocycles. The van der Waals surface area contributed by atoms with E-state index in [4.69, 9.17) is 5.26 Å². The molecule has 0 fully saturated rings. The van der Waals surface area contributed by atoms with Gasteiger partial charge in [0.1, 0.15) is 0 Å². The van der Waals surface area contributed by atoms with Gasteiger partial charge < -0.3 is 17.8 Å². The molecule has 0 atom stereocenters. The van der Waals surface area contributed by atoms with Crippen molar-refractivity contribution in [2.24, 2.45) is 0 Å². The highest BCUT2D eigenvalue weighted by molar-refractivity contribution is 6.58. The van der Waals surface area contributed by atoms with Crippen LogP contribution in [0.15, 0.2) is 0 Å². The Balaban J connectivity index is 3.77. The van der Waals surface area contributed by atoms with E-state index in [1.165, 1.54) is 4.90 Å². The van der Waals surface area contributed by atoms with E-state index in [1.54, 1.807) is 6.92 Å². The summed E-state index contributed by atoms with van der Waals surface area (Å²) in [5, 5.41) is 8.16. The molecule has 6 heteroatoms. The molecule has 0 radical (unpaired) electrons. The molecule has 12 heavy (non-hydrogen) atoms. The Hall–Kier alpha value is -0.695. The van der Waals surface area contributed by atoms with Crippen molar-refractivity contribution in [2.45, 2.75) is 13.3 Å². The summed E-state index contributed by atoms with van der Waals surface area (Å²) in [7, 11) is 0. The van der Waals surface area contributed by atoms with Crippen LogP contribution in [-0.4, -0.2) is 31.4 Å². The molecule has 0 unspecified atom stereocenters. The van der Waals surface area contributed by atoms with Crippen LogP contribution in [0.4, 0.5) is 12.9 Å². The summed E-state index contributed by atoms with van der Waals surface area (Å²) >= 11 is 0. The topological polar surface area (TPSA) is 27.0 Å². The molecule has 0 aliphatic heterocycles. The van der Waals surface area contributed by atoms with Gasteiger partial charge in [0.05, 0.1) is 6.07 Å². The van der Waals surface area contributed by atoms with Crippen molar-refractivity contribution >= 4 is 6.98 Å². The summed E-state index contributed by atoms with van der Waals surface area (Å²) < 4.78 is 35.6. The van der Waals surface area contributed by atoms with Crippen molar-refractivity contribution in [3.63, 3.8) is 0 Å². The van der Waals surface area contributed by atoms with Crippen LogP contribution in [0.5, 0.6) is 0 Å². The number of nitrogens with zero attached hydrogens (tertiary/aromatic N) is 2. The highest BCUT2D eigenvalue weighted by Gasteiger charge is 2.25. The summed E-state index contributed by atoms with van der Waals surface area (Å²) in [4.78, 5) is 1.23. The van der Waals surface area contributed by atoms with Crippen molar-refractivity contribution in [3.05, 3.63) is 0 Å². The third kappa shape index (κ3) is 6.04. The molecular weight excluding hydrogens is 168 g/mol. The molecule has 2 nitrogen and oxygen atoms in total. The van der Waals surface area contributed by atoms with Gasteiger partial charge in [-0.2, -0.15) is 5.26 Å². The summed E-state index contributed by atoms with van der Waals surface area (Å²) in [6.07, 6.45) is -0.710. The van der Waals surface area contributed by atoms with E-state index < -0.39 is 13.4 Å². The smallest absolute Gasteiger partial charge is 0.448 e. The van der Waals surface area contributed by atoms with Crippen LogP contribution in [0.1, 0.15) is 13.3 Å². The van der Waals surface area contributed by atoms with Crippen LogP contribution < -0.4 is 0 Å². The first-order valence-corrected chi connectivity index (χ1v) is 3.80. The number of halogens is 3. The van der Waals surface area contributed by atoms with Crippen LogP contribution in [0.25, 0.3) is 0 Å². The molecule has 0 spiro atoms. The van der Waals surface area contributed by atoms with Gasteiger partial charge in [0.25, 0.3) is 0 Å². The van der Waals surface area contributed by atoms with E-state index in [0.717, 1.165) is 0 Å². The van der Waals surface area contributed by atoms with Gasteiger partial charge in [0.2, 0.25) is 0 Å². The number of rotatable bonds is 5. The summed E-state index contributed by atoms with van der Waals surface area (Å²) in [6, 6.07) is 1.82. The minimum absolute atomic E-state index is 0.153. The molecule has 0 rings (SSSR count). The van der Waals surface area contributed by atoms with Gasteiger partial charge in [-0.05, 0) is 13.0 Å². The summed E-state index contributed by atoms with van der Waals surface area (Å²) in [5.41, 5.74) is 0. The molecule has 70 valence electrons. The van der Waals surface area contributed by atoms with Crippen LogP contribution in [0, 0.1) is 11.3 Å². The standard InChI is InChI=1S/C6H11BF3N2/c1-2-12(5-3-4-11)6-7(8,9)10/h2-3,5-6H2,1H3/q-1. The van der Waals surface area contributed by atoms with Crippen molar-refractivity contribution in [2.75, 3.05) is 19.5 Å². The molecule has 0 saturated carbocycles. The largest absolute Gasteiger partial charge is 0.492 e. The lowest BCUT2D eigenvalue weighted by atomic mass is 9.91. The summed E-state index contributed by atoms with van der Waals surface area (Å²) in [5.74, 6) is 0. The van der Waals surface area contributed by atoms with E-state index in [-0.39, 0.29) is 13.0 Å².